The molecule has 2 heterocycles. The number of nitrogens with zero attached hydrogens (tertiary/aromatic N) is 2. The topological polar surface area (TPSA) is 7.76 Å². The Kier molecular flexibility index (Phi) is 4.49. The van der Waals surface area contributed by atoms with Crippen LogP contribution in [0.15, 0.2) is 48.8 Å². The van der Waals surface area contributed by atoms with E-state index in [-0.39, 0.29) is 24.8 Å². The van der Waals surface area contributed by atoms with E-state index in [1.54, 1.807) is 0 Å². The zero-order valence-corrected chi connectivity index (χ0v) is 11.8. The Bertz CT molecular complexity index is 635. The first-order valence-electron chi connectivity index (χ1n) is 5.43. The highest BCUT2D eigenvalue weighted by Gasteiger charge is 2.16. The number of aromatic nitrogens is 2. The maximum atomic E-state index is 2.18. The normalized spacial score (nSPS) is 9.89. The van der Waals surface area contributed by atoms with Crippen LogP contribution in [0.1, 0.15) is 0 Å². The largest absolute Gasteiger partial charge is 1.00 e. The van der Waals surface area contributed by atoms with Crippen LogP contribution in [-0.4, -0.2) is 0 Å². The van der Waals surface area contributed by atoms with Gasteiger partial charge in [0.25, 0.3) is 11.0 Å². The van der Waals surface area contributed by atoms with Crippen molar-refractivity contribution in [3.05, 3.63) is 48.8 Å². The molecule has 0 aliphatic heterocycles. The fourth-order valence-electron chi connectivity index (χ4n) is 2.32. The first-order chi connectivity index (χ1) is 7.77. The molecule has 94 valence electrons. The third-order valence-corrected chi connectivity index (χ3v) is 3.09. The first kappa shape index (κ1) is 14.7. The summed E-state index contributed by atoms with van der Waals surface area (Å²) in [5.74, 6) is 0. The van der Waals surface area contributed by atoms with Crippen LogP contribution in [-0.2, 0) is 14.1 Å². The van der Waals surface area contributed by atoms with E-state index in [4.69, 9.17) is 0 Å². The number of halogens is 2. The highest BCUT2D eigenvalue weighted by atomic mass is 35.5. The lowest BCUT2D eigenvalue weighted by Crippen LogP contribution is -3.00. The van der Waals surface area contributed by atoms with E-state index in [1.165, 1.54) is 21.8 Å². The highest BCUT2D eigenvalue weighted by molar-refractivity contribution is 5.98. The van der Waals surface area contributed by atoms with Crippen LogP contribution in [0.4, 0.5) is 0 Å². The zero-order valence-electron chi connectivity index (χ0n) is 10.3. The highest BCUT2D eigenvalue weighted by Crippen LogP contribution is 2.18. The van der Waals surface area contributed by atoms with Crippen LogP contribution in [0, 0.1) is 0 Å². The fraction of sp³-hybridized carbons (Fsp3) is 0.143. The summed E-state index contributed by atoms with van der Waals surface area (Å²) in [5, 5.41) is 2.55. The standard InChI is InChI=1S/C14H14N2.2ClH/c1-15-9-3-5-11-7-8-12-6-4-10-16(2)14(12)13(11)15;;/h3-10H,1-2H3;2*1H/q+2;;/p-2. The molecule has 3 rings (SSSR count). The number of aryl methyl sites for hydroxylation is 2. The summed E-state index contributed by atoms with van der Waals surface area (Å²) in [5.41, 5.74) is 2.56. The number of hydrogen-bond acceptors (Lipinski definition) is 0. The number of fused-ring (bicyclic) bond motifs is 3. The van der Waals surface area contributed by atoms with Gasteiger partial charge in [-0.2, -0.15) is 9.13 Å². The molecule has 0 aliphatic carbocycles. The van der Waals surface area contributed by atoms with E-state index < -0.39 is 0 Å². The van der Waals surface area contributed by atoms with Crippen molar-refractivity contribution in [1.29, 1.82) is 0 Å². The van der Waals surface area contributed by atoms with E-state index in [9.17, 15) is 0 Å². The quantitative estimate of drug-likeness (QED) is 0.291. The molecule has 2 nitrogen and oxygen atoms in total. The molecule has 0 N–H and O–H groups in total. The second-order valence-corrected chi connectivity index (χ2v) is 4.18. The fourth-order valence-corrected chi connectivity index (χ4v) is 2.32. The van der Waals surface area contributed by atoms with Gasteiger partial charge in [-0.3, -0.25) is 0 Å². The first-order valence-corrected chi connectivity index (χ1v) is 5.43. The summed E-state index contributed by atoms with van der Waals surface area (Å²) in [6.07, 6.45) is 4.18. The molecule has 18 heavy (non-hydrogen) atoms. The molecule has 0 radical (unpaired) electrons. The van der Waals surface area contributed by atoms with Crippen LogP contribution >= 0.6 is 0 Å². The van der Waals surface area contributed by atoms with Crippen molar-refractivity contribution in [3.8, 4) is 0 Å². The molecule has 1 aromatic carbocycles. The van der Waals surface area contributed by atoms with E-state index in [2.05, 4.69) is 72.0 Å². The third-order valence-electron chi connectivity index (χ3n) is 3.09. The van der Waals surface area contributed by atoms with Crippen molar-refractivity contribution in [2.24, 2.45) is 14.1 Å². The molecule has 2 aromatic heterocycles. The van der Waals surface area contributed by atoms with Gasteiger partial charge in [0.1, 0.15) is 14.1 Å². The molecule has 0 amide bonds. The molecular weight excluding hydrogens is 267 g/mol. The van der Waals surface area contributed by atoms with Gasteiger partial charge in [0.05, 0.1) is 10.8 Å². The van der Waals surface area contributed by atoms with E-state index in [1.807, 2.05) is 0 Å². The monoisotopic (exact) mass is 280 g/mol. The van der Waals surface area contributed by atoms with Gasteiger partial charge in [0.15, 0.2) is 12.4 Å². The lowest BCUT2D eigenvalue weighted by Gasteiger charge is -1.99. The van der Waals surface area contributed by atoms with Crippen molar-refractivity contribution in [1.82, 2.24) is 0 Å². The van der Waals surface area contributed by atoms with Gasteiger partial charge in [0, 0.05) is 12.1 Å². The number of hydrogen-bond donors (Lipinski definition) is 0. The average Bonchev–Trinajstić information content (AvgIpc) is 2.29. The summed E-state index contributed by atoms with van der Waals surface area (Å²) in [6.45, 7) is 0. The summed E-state index contributed by atoms with van der Waals surface area (Å²) >= 11 is 0. The van der Waals surface area contributed by atoms with Crippen molar-refractivity contribution in [2.75, 3.05) is 0 Å². The van der Waals surface area contributed by atoms with Gasteiger partial charge >= 0.3 is 0 Å². The molecule has 0 aliphatic rings. The van der Waals surface area contributed by atoms with Crippen molar-refractivity contribution in [3.63, 3.8) is 0 Å². The van der Waals surface area contributed by atoms with Crippen molar-refractivity contribution < 1.29 is 33.9 Å². The molecule has 0 unspecified atom stereocenters. The Hall–Kier alpha value is -1.38. The maximum Gasteiger partial charge on any atom is 0.285 e. The molecule has 0 atom stereocenters. The molecule has 0 fully saturated rings. The summed E-state index contributed by atoms with van der Waals surface area (Å²) in [7, 11) is 4.18. The molecule has 0 bridgehead atoms. The van der Waals surface area contributed by atoms with Crippen LogP contribution in [0.2, 0.25) is 0 Å². The zero-order chi connectivity index (χ0) is 11.1. The van der Waals surface area contributed by atoms with Gasteiger partial charge in [-0.1, -0.05) is 0 Å². The average molecular weight is 281 g/mol. The third kappa shape index (κ3) is 2.14. The summed E-state index contributed by atoms with van der Waals surface area (Å²) < 4.78 is 4.36. The summed E-state index contributed by atoms with van der Waals surface area (Å²) in [6, 6.07) is 12.8. The minimum Gasteiger partial charge on any atom is -1.00 e. The van der Waals surface area contributed by atoms with Crippen LogP contribution in [0.3, 0.4) is 0 Å². The number of pyridine rings is 2. The lowest BCUT2D eigenvalue weighted by molar-refractivity contribution is -0.664. The number of benzene rings is 1. The Morgan fingerprint density at radius 1 is 0.667 bits per heavy atom. The van der Waals surface area contributed by atoms with E-state index >= 15 is 0 Å². The second-order valence-electron chi connectivity index (χ2n) is 4.18. The molecule has 4 heteroatoms. The van der Waals surface area contributed by atoms with E-state index in [0.29, 0.717) is 0 Å². The van der Waals surface area contributed by atoms with Gasteiger partial charge in [-0.05, 0) is 24.3 Å². The molecule has 3 aromatic rings. The molecule has 0 saturated carbocycles. The minimum absolute atomic E-state index is 0. The Morgan fingerprint density at radius 2 is 1.06 bits per heavy atom. The Labute approximate surface area is 119 Å². The predicted molar refractivity (Wildman–Crippen MR) is 63.8 cm³/mol. The van der Waals surface area contributed by atoms with Gasteiger partial charge in [-0.15, -0.1) is 0 Å². The van der Waals surface area contributed by atoms with Crippen molar-refractivity contribution >= 4 is 21.8 Å². The molecule has 0 spiro atoms. The molecular formula is C14H14Cl2N2. The Morgan fingerprint density at radius 3 is 1.44 bits per heavy atom. The van der Waals surface area contributed by atoms with Gasteiger partial charge in [-0.25, -0.2) is 0 Å². The van der Waals surface area contributed by atoms with E-state index in [0.717, 1.165) is 0 Å². The van der Waals surface area contributed by atoms with Crippen LogP contribution in [0.5, 0.6) is 0 Å². The summed E-state index contributed by atoms with van der Waals surface area (Å²) in [4.78, 5) is 0. The predicted octanol–water partition coefficient (Wildman–Crippen LogP) is -4.35. The molecule has 0 saturated heterocycles. The smallest absolute Gasteiger partial charge is 0.285 e. The minimum atomic E-state index is 0. The van der Waals surface area contributed by atoms with Crippen molar-refractivity contribution in [2.45, 2.75) is 0 Å². The van der Waals surface area contributed by atoms with Crippen LogP contribution in [0.25, 0.3) is 21.8 Å². The van der Waals surface area contributed by atoms with Gasteiger partial charge < -0.3 is 24.8 Å². The van der Waals surface area contributed by atoms with Crippen LogP contribution < -0.4 is 33.9 Å². The second kappa shape index (κ2) is 5.51. The SMILES string of the molecule is C[n+]1cccc2ccc3ccc[n+](C)c3c21.[Cl-].[Cl-]. The maximum absolute atomic E-state index is 2.18. The Balaban J connectivity index is 0.000000810. The lowest BCUT2D eigenvalue weighted by atomic mass is 10.1. The number of rotatable bonds is 0. The van der Waals surface area contributed by atoms with Gasteiger partial charge in [0.2, 0.25) is 0 Å².